The fourth-order valence-corrected chi connectivity index (χ4v) is 5.43. The maximum atomic E-state index is 5.90. The molecule has 0 aliphatic heterocycles. The van der Waals surface area contributed by atoms with Crippen LogP contribution in [0.5, 0.6) is 23.0 Å². The van der Waals surface area contributed by atoms with Gasteiger partial charge in [-0.15, -0.1) is 22.7 Å². The summed E-state index contributed by atoms with van der Waals surface area (Å²) in [5.74, 6) is 3.24. The largest absolute Gasteiger partial charge is 0.457 e. The number of aromatic nitrogens is 2. The van der Waals surface area contributed by atoms with E-state index >= 15 is 0 Å². The zero-order valence-electron chi connectivity index (χ0n) is 19.1. The van der Waals surface area contributed by atoms with Crippen LogP contribution in [-0.4, -0.2) is 9.97 Å². The van der Waals surface area contributed by atoms with Crippen LogP contribution in [0, 0.1) is 0 Å². The number of para-hydroxylation sites is 2. The minimum absolute atomic E-state index is 0.796. The number of rotatable bonds is 7. The van der Waals surface area contributed by atoms with Crippen LogP contribution < -0.4 is 9.47 Å². The van der Waals surface area contributed by atoms with Gasteiger partial charge in [-0.2, -0.15) is 0 Å². The third kappa shape index (κ3) is 5.05. The zero-order valence-corrected chi connectivity index (χ0v) is 20.7. The SMILES string of the molecule is c1ccc(Oc2ccc(-c3csc(-c4ncc(-c5ccc(Oc6ccccc6)cc5)s4)n3)cc2)cc1. The maximum absolute atomic E-state index is 5.90. The fourth-order valence-electron chi connectivity index (χ4n) is 3.64. The Morgan fingerprint density at radius 1 is 0.528 bits per heavy atom. The van der Waals surface area contributed by atoms with Crippen LogP contribution in [0.1, 0.15) is 0 Å². The Bertz CT molecular complexity index is 1440. The van der Waals surface area contributed by atoms with Gasteiger partial charge in [-0.1, -0.05) is 36.4 Å². The van der Waals surface area contributed by atoms with Gasteiger partial charge in [0.2, 0.25) is 0 Å². The summed E-state index contributed by atoms with van der Waals surface area (Å²) in [5.41, 5.74) is 3.08. The molecule has 4 nitrogen and oxygen atoms in total. The van der Waals surface area contributed by atoms with E-state index in [0.29, 0.717) is 0 Å². The van der Waals surface area contributed by atoms with Crippen LogP contribution in [0.3, 0.4) is 0 Å². The van der Waals surface area contributed by atoms with Crippen molar-refractivity contribution in [1.29, 1.82) is 0 Å². The van der Waals surface area contributed by atoms with Crippen molar-refractivity contribution in [2.24, 2.45) is 0 Å². The van der Waals surface area contributed by atoms with Crippen LogP contribution in [-0.2, 0) is 0 Å². The van der Waals surface area contributed by atoms with Gasteiger partial charge in [0.1, 0.15) is 23.0 Å². The molecule has 0 fully saturated rings. The van der Waals surface area contributed by atoms with Crippen LogP contribution in [0.2, 0.25) is 0 Å². The lowest BCUT2D eigenvalue weighted by Crippen LogP contribution is -1.84. The van der Waals surface area contributed by atoms with Crippen molar-refractivity contribution in [2.45, 2.75) is 0 Å². The van der Waals surface area contributed by atoms with Crippen molar-refractivity contribution < 1.29 is 9.47 Å². The molecule has 2 aromatic heterocycles. The molecule has 0 aliphatic carbocycles. The average molecular weight is 505 g/mol. The molecule has 0 radical (unpaired) electrons. The van der Waals surface area contributed by atoms with Crippen molar-refractivity contribution in [3.05, 3.63) is 121 Å². The molecule has 0 unspecified atom stereocenters. The van der Waals surface area contributed by atoms with Crippen molar-refractivity contribution in [1.82, 2.24) is 9.97 Å². The summed E-state index contributed by atoms with van der Waals surface area (Å²) in [6.07, 6.45) is 1.91. The predicted octanol–water partition coefficient (Wildman–Crippen LogP) is 9.19. The van der Waals surface area contributed by atoms with Crippen LogP contribution in [0.15, 0.2) is 121 Å². The van der Waals surface area contributed by atoms with Crippen LogP contribution in [0.4, 0.5) is 0 Å². The van der Waals surface area contributed by atoms with Gasteiger partial charge in [-0.05, 0) is 78.4 Å². The van der Waals surface area contributed by atoms with Gasteiger partial charge in [0.05, 0.1) is 10.6 Å². The molecule has 0 amide bonds. The van der Waals surface area contributed by atoms with Gasteiger partial charge in [0, 0.05) is 17.1 Å². The summed E-state index contributed by atoms with van der Waals surface area (Å²) < 4.78 is 11.8. The first-order valence-electron chi connectivity index (χ1n) is 11.4. The molecule has 6 aromatic rings. The molecule has 6 heteroatoms. The Morgan fingerprint density at radius 3 is 1.64 bits per heavy atom. The highest BCUT2D eigenvalue weighted by molar-refractivity contribution is 7.22. The second kappa shape index (κ2) is 10.2. The first-order chi connectivity index (χ1) is 17.8. The number of hydrogen-bond acceptors (Lipinski definition) is 6. The molecule has 0 bridgehead atoms. The predicted molar refractivity (Wildman–Crippen MR) is 147 cm³/mol. The van der Waals surface area contributed by atoms with Crippen molar-refractivity contribution >= 4 is 22.7 Å². The number of nitrogens with zero attached hydrogens (tertiary/aromatic N) is 2. The van der Waals surface area contributed by atoms with Gasteiger partial charge in [-0.25, -0.2) is 9.97 Å². The Kier molecular flexibility index (Phi) is 6.27. The van der Waals surface area contributed by atoms with Crippen LogP contribution >= 0.6 is 22.7 Å². The van der Waals surface area contributed by atoms with Crippen molar-refractivity contribution in [3.63, 3.8) is 0 Å². The molecule has 36 heavy (non-hydrogen) atoms. The zero-order chi connectivity index (χ0) is 24.2. The standard InChI is InChI=1S/C30H20N2O2S2/c1-3-7-23(8-4-1)33-25-15-11-21(12-16-25)27-20-35-30(32-27)29-31-19-28(36-29)22-13-17-26(18-14-22)34-24-9-5-2-6-10-24/h1-20H. The fraction of sp³-hybridized carbons (Fsp3) is 0. The van der Waals surface area contributed by atoms with E-state index < -0.39 is 0 Å². The van der Waals surface area contributed by atoms with Gasteiger partial charge in [0.25, 0.3) is 0 Å². The van der Waals surface area contributed by atoms with E-state index in [1.165, 1.54) is 0 Å². The Labute approximate surface area is 217 Å². The summed E-state index contributed by atoms with van der Waals surface area (Å²) in [6, 6.07) is 35.6. The number of ether oxygens (including phenoxy) is 2. The summed E-state index contributed by atoms with van der Waals surface area (Å²) in [6.45, 7) is 0. The van der Waals surface area contributed by atoms with E-state index in [2.05, 4.69) is 22.5 Å². The van der Waals surface area contributed by atoms with E-state index in [9.17, 15) is 0 Å². The lowest BCUT2D eigenvalue weighted by molar-refractivity contribution is 0.482. The van der Waals surface area contributed by atoms with Crippen LogP contribution in [0.25, 0.3) is 31.7 Å². The lowest BCUT2D eigenvalue weighted by Gasteiger charge is -2.05. The quantitative estimate of drug-likeness (QED) is 0.217. The van der Waals surface area contributed by atoms with Crippen molar-refractivity contribution in [2.75, 3.05) is 0 Å². The second-order valence-electron chi connectivity index (χ2n) is 7.95. The highest BCUT2D eigenvalue weighted by atomic mass is 32.1. The van der Waals surface area contributed by atoms with Gasteiger partial charge in [0.15, 0.2) is 10.0 Å². The summed E-state index contributed by atoms with van der Waals surface area (Å²) >= 11 is 3.24. The number of thiazole rings is 2. The first-order valence-corrected chi connectivity index (χ1v) is 13.1. The first kappa shape index (κ1) is 22.2. The smallest absolute Gasteiger partial charge is 0.152 e. The third-order valence-electron chi connectivity index (χ3n) is 5.44. The molecule has 174 valence electrons. The van der Waals surface area contributed by atoms with E-state index in [0.717, 1.165) is 54.7 Å². The average Bonchev–Trinajstić information content (AvgIpc) is 3.61. The van der Waals surface area contributed by atoms with E-state index in [1.807, 2.05) is 103 Å². The van der Waals surface area contributed by atoms with Gasteiger partial charge in [-0.3, -0.25) is 0 Å². The molecule has 6 rings (SSSR count). The molecule has 0 spiro atoms. The minimum Gasteiger partial charge on any atom is -0.457 e. The Hall–Kier alpha value is -4.26. The molecular weight excluding hydrogens is 484 g/mol. The van der Waals surface area contributed by atoms with E-state index in [-0.39, 0.29) is 0 Å². The molecule has 0 N–H and O–H groups in total. The number of benzene rings is 4. The van der Waals surface area contributed by atoms with Gasteiger partial charge >= 0.3 is 0 Å². The lowest BCUT2D eigenvalue weighted by atomic mass is 10.2. The monoisotopic (exact) mass is 504 g/mol. The number of hydrogen-bond donors (Lipinski definition) is 0. The van der Waals surface area contributed by atoms with Gasteiger partial charge < -0.3 is 9.47 Å². The second-order valence-corrected chi connectivity index (χ2v) is 9.84. The minimum atomic E-state index is 0.796. The highest BCUT2D eigenvalue weighted by Gasteiger charge is 2.12. The van der Waals surface area contributed by atoms with Crippen molar-refractivity contribution in [3.8, 4) is 54.7 Å². The molecule has 2 heterocycles. The highest BCUT2D eigenvalue weighted by Crippen LogP contribution is 2.36. The third-order valence-corrected chi connectivity index (χ3v) is 7.47. The normalized spacial score (nSPS) is 10.8. The molecular formula is C30H20N2O2S2. The Morgan fingerprint density at radius 2 is 1.06 bits per heavy atom. The summed E-state index contributed by atoms with van der Waals surface area (Å²) in [4.78, 5) is 10.6. The summed E-state index contributed by atoms with van der Waals surface area (Å²) in [5, 5.41) is 3.89. The summed E-state index contributed by atoms with van der Waals surface area (Å²) in [7, 11) is 0. The molecule has 0 aliphatic rings. The topological polar surface area (TPSA) is 44.2 Å². The van der Waals surface area contributed by atoms with E-state index in [4.69, 9.17) is 14.5 Å². The molecule has 0 saturated heterocycles. The van der Waals surface area contributed by atoms with E-state index in [1.54, 1.807) is 22.7 Å². The molecule has 4 aromatic carbocycles. The Balaban J connectivity index is 1.14. The molecule has 0 saturated carbocycles. The maximum Gasteiger partial charge on any atom is 0.152 e. The molecule has 0 atom stereocenters.